The molecule has 0 radical (unpaired) electrons. The van der Waals surface area contributed by atoms with Gasteiger partial charge in [0.1, 0.15) is 16.3 Å². The summed E-state index contributed by atoms with van der Waals surface area (Å²) in [6, 6.07) is 32.2. The van der Waals surface area contributed by atoms with Crippen LogP contribution < -0.4 is 5.01 Å². The van der Waals surface area contributed by atoms with E-state index in [4.69, 9.17) is 4.84 Å². The number of fused-ring (bicyclic) bond motifs is 1. The molecule has 0 spiro atoms. The lowest BCUT2D eigenvalue weighted by atomic mass is 10.0. The molecular weight excluding hydrogens is 458 g/mol. The molecule has 6 nitrogen and oxygen atoms in total. The molecule has 4 aromatic rings. The molecule has 0 fully saturated rings. The Morgan fingerprint density at radius 2 is 1.49 bits per heavy atom. The van der Waals surface area contributed by atoms with Gasteiger partial charge in [-0.05, 0) is 40.7 Å². The van der Waals surface area contributed by atoms with Crippen molar-refractivity contribution in [1.82, 2.24) is 0 Å². The first-order chi connectivity index (χ1) is 17.2. The SMILES string of the molecule is O=C1ON=C(c2ccccc2)/C1=C1\SC(C(=O)c2ccc3ccccc3c2)=NN1c1ccccc1. The van der Waals surface area contributed by atoms with Crippen LogP contribution in [0.5, 0.6) is 0 Å². The van der Waals surface area contributed by atoms with E-state index in [2.05, 4.69) is 10.3 Å². The van der Waals surface area contributed by atoms with Gasteiger partial charge in [0.05, 0.1) is 5.69 Å². The van der Waals surface area contributed by atoms with Crippen molar-refractivity contribution < 1.29 is 14.4 Å². The molecular formula is C28H17N3O3S. The number of ketones is 1. The lowest BCUT2D eigenvalue weighted by Gasteiger charge is -2.16. The van der Waals surface area contributed by atoms with Gasteiger partial charge in [-0.3, -0.25) is 4.79 Å². The zero-order valence-electron chi connectivity index (χ0n) is 18.3. The zero-order chi connectivity index (χ0) is 23.8. The predicted molar refractivity (Wildman–Crippen MR) is 138 cm³/mol. The number of thioether (sulfide) groups is 1. The second-order valence-electron chi connectivity index (χ2n) is 7.91. The van der Waals surface area contributed by atoms with Crippen LogP contribution >= 0.6 is 11.8 Å². The van der Waals surface area contributed by atoms with Gasteiger partial charge in [0.25, 0.3) is 0 Å². The minimum absolute atomic E-state index is 0.221. The molecule has 6 rings (SSSR count). The summed E-state index contributed by atoms with van der Waals surface area (Å²) in [6.45, 7) is 0. The van der Waals surface area contributed by atoms with Crippen LogP contribution in [-0.4, -0.2) is 22.5 Å². The largest absolute Gasteiger partial charge is 0.370 e. The molecule has 0 amide bonds. The zero-order valence-corrected chi connectivity index (χ0v) is 19.1. The van der Waals surface area contributed by atoms with Gasteiger partial charge in [-0.15, -0.1) is 0 Å². The van der Waals surface area contributed by atoms with Crippen molar-refractivity contribution in [3.05, 3.63) is 125 Å². The lowest BCUT2D eigenvalue weighted by molar-refractivity contribution is -0.136. The van der Waals surface area contributed by atoms with Crippen LogP contribution in [0.15, 0.2) is 124 Å². The molecule has 35 heavy (non-hydrogen) atoms. The van der Waals surface area contributed by atoms with Crippen molar-refractivity contribution >= 4 is 50.7 Å². The van der Waals surface area contributed by atoms with E-state index in [0.29, 0.717) is 16.3 Å². The highest BCUT2D eigenvalue weighted by molar-refractivity contribution is 8.19. The average molecular weight is 476 g/mol. The first-order valence-corrected chi connectivity index (χ1v) is 11.8. The fraction of sp³-hybridized carbons (Fsp3) is 0. The molecule has 7 heteroatoms. The van der Waals surface area contributed by atoms with Gasteiger partial charge in [0, 0.05) is 11.1 Å². The average Bonchev–Trinajstić information content (AvgIpc) is 3.52. The maximum absolute atomic E-state index is 13.5. The molecule has 4 aromatic carbocycles. The number of anilines is 1. The summed E-state index contributed by atoms with van der Waals surface area (Å²) >= 11 is 1.15. The Hall–Kier alpha value is -4.49. The summed E-state index contributed by atoms with van der Waals surface area (Å²) in [5.74, 6) is -0.802. The highest BCUT2D eigenvalue weighted by atomic mass is 32.2. The van der Waals surface area contributed by atoms with Crippen molar-refractivity contribution in [1.29, 1.82) is 0 Å². The Kier molecular flexibility index (Phi) is 5.24. The summed E-state index contributed by atoms with van der Waals surface area (Å²) in [7, 11) is 0. The number of para-hydroxylation sites is 1. The fourth-order valence-corrected chi connectivity index (χ4v) is 5.03. The number of carbonyl (C=O) groups excluding carboxylic acids is 2. The van der Waals surface area contributed by atoms with Gasteiger partial charge in [-0.2, -0.15) is 5.10 Å². The standard InChI is InChI=1S/C28H17N3O3S/c32-25(21-16-15-18-9-7-8-12-20(18)17-21)26-29-31(22-13-5-2-6-14-22)27(35-26)23-24(30-34-28(23)33)19-10-3-1-4-11-19/h1-17H/b27-23+. The highest BCUT2D eigenvalue weighted by Crippen LogP contribution is 2.40. The van der Waals surface area contributed by atoms with Gasteiger partial charge in [0.2, 0.25) is 5.78 Å². The third-order valence-corrected chi connectivity index (χ3v) is 6.74. The summed E-state index contributed by atoms with van der Waals surface area (Å²) < 4.78 is 0. The monoisotopic (exact) mass is 475 g/mol. The smallest absolute Gasteiger partial charge is 0.312 e. The third kappa shape index (κ3) is 3.82. The predicted octanol–water partition coefficient (Wildman–Crippen LogP) is 5.76. The molecule has 0 unspecified atom stereocenters. The summed E-state index contributed by atoms with van der Waals surface area (Å²) in [4.78, 5) is 31.4. The Morgan fingerprint density at radius 3 is 2.26 bits per heavy atom. The van der Waals surface area contributed by atoms with Gasteiger partial charge in [-0.25, -0.2) is 9.80 Å². The van der Waals surface area contributed by atoms with E-state index < -0.39 is 5.97 Å². The fourth-order valence-electron chi connectivity index (χ4n) is 4.00. The maximum atomic E-state index is 13.5. The molecule has 0 aromatic heterocycles. The molecule has 2 aliphatic heterocycles. The Bertz CT molecular complexity index is 1580. The molecule has 168 valence electrons. The first-order valence-electron chi connectivity index (χ1n) is 10.9. The quantitative estimate of drug-likeness (QED) is 0.213. The number of Topliss-reactive ketones (excluding diaryl/α,β-unsaturated/α-hetero) is 1. The van der Waals surface area contributed by atoms with Crippen LogP contribution in [0.1, 0.15) is 15.9 Å². The number of hydrazone groups is 1. The van der Waals surface area contributed by atoms with E-state index in [9.17, 15) is 9.59 Å². The number of carbonyl (C=O) groups is 2. The number of hydrogen-bond acceptors (Lipinski definition) is 7. The van der Waals surface area contributed by atoms with Gasteiger partial charge in [0.15, 0.2) is 5.04 Å². The molecule has 0 saturated carbocycles. The van der Waals surface area contributed by atoms with E-state index in [1.807, 2.05) is 97.1 Å². The number of hydrogen-bond donors (Lipinski definition) is 0. The normalized spacial score (nSPS) is 17.4. The van der Waals surface area contributed by atoms with Crippen molar-refractivity contribution in [2.45, 2.75) is 0 Å². The van der Waals surface area contributed by atoms with E-state index in [-0.39, 0.29) is 16.4 Å². The molecule has 0 saturated heterocycles. The van der Waals surface area contributed by atoms with Crippen LogP contribution in [-0.2, 0) is 9.63 Å². The molecule has 0 bridgehead atoms. The van der Waals surface area contributed by atoms with E-state index >= 15 is 0 Å². The number of nitrogens with zero attached hydrogens (tertiary/aromatic N) is 3. The topological polar surface area (TPSA) is 71.3 Å². The lowest BCUT2D eigenvalue weighted by Crippen LogP contribution is -2.18. The maximum Gasteiger partial charge on any atom is 0.370 e. The van der Waals surface area contributed by atoms with Crippen molar-refractivity contribution in [2.75, 3.05) is 5.01 Å². The van der Waals surface area contributed by atoms with Crippen molar-refractivity contribution in [3.63, 3.8) is 0 Å². The van der Waals surface area contributed by atoms with Crippen LogP contribution in [0.4, 0.5) is 5.69 Å². The summed E-state index contributed by atoms with van der Waals surface area (Å²) in [6.07, 6.45) is 0. The summed E-state index contributed by atoms with van der Waals surface area (Å²) in [5.41, 5.74) is 2.67. The van der Waals surface area contributed by atoms with Crippen LogP contribution in [0.3, 0.4) is 0 Å². The Balaban J connectivity index is 1.45. The number of rotatable bonds is 4. The second kappa shape index (κ2) is 8.70. The van der Waals surface area contributed by atoms with Crippen molar-refractivity contribution in [2.24, 2.45) is 10.3 Å². The van der Waals surface area contributed by atoms with Gasteiger partial charge >= 0.3 is 5.97 Å². The van der Waals surface area contributed by atoms with E-state index in [0.717, 1.165) is 33.8 Å². The van der Waals surface area contributed by atoms with Crippen LogP contribution in [0, 0.1) is 0 Å². The summed E-state index contributed by atoms with van der Waals surface area (Å²) in [5, 5.41) is 13.1. The van der Waals surface area contributed by atoms with Crippen molar-refractivity contribution in [3.8, 4) is 0 Å². The molecule has 0 N–H and O–H groups in total. The van der Waals surface area contributed by atoms with Gasteiger partial charge < -0.3 is 4.84 Å². The third-order valence-electron chi connectivity index (χ3n) is 5.71. The molecule has 2 heterocycles. The number of benzene rings is 4. The molecule has 0 aliphatic carbocycles. The molecule has 2 aliphatic rings. The highest BCUT2D eigenvalue weighted by Gasteiger charge is 2.38. The van der Waals surface area contributed by atoms with Gasteiger partial charge in [-0.1, -0.05) is 90.1 Å². The van der Waals surface area contributed by atoms with E-state index in [1.54, 1.807) is 11.1 Å². The van der Waals surface area contributed by atoms with Crippen LogP contribution in [0.25, 0.3) is 10.8 Å². The van der Waals surface area contributed by atoms with Crippen LogP contribution in [0.2, 0.25) is 0 Å². The Labute approximate surface area is 205 Å². The first kappa shape index (κ1) is 21.1. The number of oxime groups is 1. The minimum Gasteiger partial charge on any atom is -0.312 e. The molecule has 0 atom stereocenters. The minimum atomic E-state index is -0.582. The van der Waals surface area contributed by atoms with E-state index in [1.165, 1.54) is 0 Å². The second-order valence-corrected chi connectivity index (χ2v) is 8.89. The Morgan fingerprint density at radius 1 is 0.800 bits per heavy atom.